The fraction of sp³-hybridized carbons (Fsp3) is 0.824. The second-order valence-electron chi connectivity index (χ2n) is 6.88. The lowest BCUT2D eigenvalue weighted by Gasteiger charge is -2.29. The summed E-state index contributed by atoms with van der Waals surface area (Å²) in [5.41, 5.74) is 3.29. The molecule has 0 aromatic rings. The van der Waals surface area contributed by atoms with Gasteiger partial charge in [0.15, 0.2) is 0 Å². The lowest BCUT2D eigenvalue weighted by molar-refractivity contribution is 0.392. The maximum absolute atomic E-state index is 4.89. The molecule has 0 fully saturated rings. The van der Waals surface area contributed by atoms with Gasteiger partial charge in [0.1, 0.15) is 5.84 Å². The molecule has 0 spiro atoms. The Bertz CT molecular complexity index is 377. The minimum absolute atomic E-state index is 0.402. The van der Waals surface area contributed by atoms with Gasteiger partial charge in [-0.1, -0.05) is 19.8 Å². The van der Waals surface area contributed by atoms with Gasteiger partial charge < -0.3 is 4.90 Å². The number of hydrogen-bond donors (Lipinski definition) is 0. The first-order valence-electron chi connectivity index (χ1n) is 8.05. The Kier molecular flexibility index (Phi) is 4.70. The highest BCUT2D eigenvalue weighted by molar-refractivity contribution is 5.89. The van der Waals surface area contributed by atoms with E-state index in [9.17, 15) is 0 Å². The molecule has 1 aliphatic heterocycles. The van der Waals surface area contributed by atoms with E-state index < -0.39 is 0 Å². The summed E-state index contributed by atoms with van der Waals surface area (Å²) in [4.78, 5) is 7.43. The average molecular weight is 262 g/mol. The standard InChI is InChI=1S/C17H30N2/c1-12(2)18-17-11-15-10-14(5)8-6-7-9-16(15)19(17)13(3)4/h12-14H,6-11H2,1-5H3/b18-17+. The Morgan fingerprint density at radius 1 is 1.16 bits per heavy atom. The molecule has 0 amide bonds. The highest BCUT2D eigenvalue weighted by Crippen LogP contribution is 2.37. The van der Waals surface area contributed by atoms with Crippen LogP contribution in [0.5, 0.6) is 0 Å². The summed E-state index contributed by atoms with van der Waals surface area (Å²) in [6.07, 6.45) is 7.79. The maximum atomic E-state index is 4.89. The van der Waals surface area contributed by atoms with Crippen molar-refractivity contribution in [2.45, 2.75) is 85.2 Å². The molecule has 0 radical (unpaired) electrons. The van der Waals surface area contributed by atoms with E-state index in [-0.39, 0.29) is 0 Å². The van der Waals surface area contributed by atoms with Gasteiger partial charge in [-0.05, 0) is 58.4 Å². The molecule has 0 aromatic heterocycles. The van der Waals surface area contributed by atoms with Crippen molar-refractivity contribution in [1.29, 1.82) is 0 Å². The van der Waals surface area contributed by atoms with Gasteiger partial charge in [0, 0.05) is 24.2 Å². The average Bonchev–Trinajstić information content (AvgIpc) is 2.58. The van der Waals surface area contributed by atoms with Crippen LogP contribution in [0.15, 0.2) is 16.3 Å². The van der Waals surface area contributed by atoms with E-state index >= 15 is 0 Å². The van der Waals surface area contributed by atoms with Gasteiger partial charge in [0.2, 0.25) is 0 Å². The monoisotopic (exact) mass is 262 g/mol. The first-order chi connectivity index (χ1) is 8.99. The normalized spacial score (nSPS) is 27.2. The smallest absolute Gasteiger partial charge is 0.108 e. The van der Waals surface area contributed by atoms with E-state index in [1.54, 1.807) is 11.3 Å². The summed E-state index contributed by atoms with van der Waals surface area (Å²) in [7, 11) is 0. The van der Waals surface area contributed by atoms with E-state index in [0.29, 0.717) is 12.1 Å². The number of aliphatic imine (C=N–C) groups is 1. The van der Waals surface area contributed by atoms with Crippen LogP contribution in [0, 0.1) is 5.92 Å². The number of allylic oxidation sites excluding steroid dienone is 1. The van der Waals surface area contributed by atoms with Gasteiger partial charge in [0.05, 0.1) is 0 Å². The van der Waals surface area contributed by atoms with Crippen molar-refractivity contribution in [3.63, 3.8) is 0 Å². The molecule has 0 saturated heterocycles. The molecule has 0 aromatic carbocycles. The highest BCUT2D eigenvalue weighted by atomic mass is 15.2. The SMILES string of the molecule is CC1CCCCC2=C(C/C(=N\C(C)C)N2C(C)C)C1. The van der Waals surface area contributed by atoms with Crippen LogP contribution in [0.1, 0.15) is 73.1 Å². The zero-order valence-electron chi connectivity index (χ0n) is 13.4. The maximum Gasteiger partial charge on any atom is 0.108 e. The van der Waals surface area contributed by atoms with Gasteiger partial charge in [-0.3, -0.25) is 4.99 Å². The van der Waals surface area contributed by atoms with Gasteiger partial charge in [0.25, 0.3) is 0 Å². The summed E-state index contributed by atoms with van der Waals surface area (Å²) in [6.45, 7) is 11.4. The van der Waals surface area contributed by atoms with Crippen LogP contribution < -0.4 is 0 Å². The van der Waals surface area contributed by atoms with Gasteiger partial charge in [-0.2, -0.15) is 0 Å². The Morgan fingerprint density at radius 3 is 2.53 bits per heavy atom. The molecule has 19 heavy (non-hydrogen) atoms. The van der Waals surface area contributed by atoms with Crippen LogP contribution in [-0.2, 0) is 0 Å². The zero-order chi connectivity index (χ0) is 14.0. The lowest BCUT2D eigenvalue weighted by atomic mass is 9.90. The minimum atomic E-state index is 0.402. The summed E-state index contributed by atoms with van der Waals surface area (Å²) >= 11 is 0. The molecule has 2 nitrogen and oxygen atoms in total. The van der Waals surface area contributed by atoms with Crippen LogP contribution in [-0.4, -0.2) is 22.8 Å². The predicted molar refractivity (Wildman–Crippen MR) is 83.4 cm³/mol. The zero-order valence-corrected chi connectivity index (χ0v) is 13.4. The van der Waals surface area contributed by atoms with E-state index in [1.807, 2.05) is 0 Å². The van der Waals surface area contributed by atoms with Crippen molar-refractivity contribution in [2.24, 2.45) is 10.9 Å². The van der Waals surface area contributed by atoms with Crippen LogP contribution >= 0.6 is 0 Å². The second-order valence-corrected chi connectivity index (χ2v) is 6.88. The Labute approximate surface area is 119 Å². The van der Waals surface area contributed by atoms with Crippen molar-refractivity contribution in [2.75, 3.05) is 0 Å². The van der Waals surface area contributed by atoms with Gasteiger partial charge >= 0.3 is 0 Å². The van der Waals surface area contributed by atoms with E-state index in [1.165, 1.54) is 37.9 Å². The number of amidine groups is 1. The first kappa shape index (κ1) is 14.6. The molecule has 2 heteroatoms. The van der Waals surface area contributed by atoms with Crippen molar-refractivity contribution >= 4 is 5.84 Å². The molecule has 1 aliphatic carbocycles. The molecule has 1 atom stereocenters. The largest absolute Gasteiger partial charge is 0.331 e. The fourth-order valence-corrected chi connectivity index (χ4v) is 3.51. The molecule has 2 aliphatic rings. The van der Waals surface area contributed by atoms with E-state index in [4.69, 9.17) is 4.99 Å². The lowest BCUT2D eigenvalue weighted by Crippen LogP contribution is -2.33. The molecular weight excluding hydrogens is 232 g/mol. The van der Waals surface area contributed by atoms with Crippen LogP contribution in [0.2, 0.25) is 0 Å². The fourth-order valence-electron chi connectivity index (χ4n) is 3.51. The van der Waals surface area contributed by atoms with Crippen molar-refractivity contribution in [1.82, 2.24) is 4.90 Å². The summed E-state index contributed by atoms with van der Waals surface area (Å²) in [6, 6.07) is 0.944. The summed E-state index contributed by atoms with van der Waals surface area (Å²) < 4.78 is 0. The third-order valence-electron chi connectivity index (χ3n) is 4.23. The summed E-state index contributed by atoms with van der Waals surface area (Å²) in [5.74, 6) is 2.17. The van der Waals surface area contributed by atoms with Crippen LogP contribution in [0.3, 0.4) is 0 Å². The quantitative estimate of drug-likeness (QED) is 0.700. The molecule has 0 saturated carbocycles. The molecule has 0 bridgehead atoms. The highest BCUT2D eigenvalue weighted by Gasteiger charge is 2.31. The van der Waals surface area contributed by atoms with Crippen molar-refractivity contribution < 1.29 is 0 Å². The van der Waals surface area contributed by atoms with Gasteiger partial charge in [-0.15, -0.1) is 0 Å². The molecular formula is C17H30N2. The Balaban J connectivity index is 2.29. The molecule has 1 heterocycles. The van der Waals surface area contributed by atoms with Crippen molar-refractivity contribution in [3.05, 3.63) is 11.3 Å². The third-order valence-corrected chi connectivity index (χ3v) is 4.23. The Hall–Kier alpha value is -0.790. The molecule has 1 unspecified atom stereocenters. The first-order valence-corrected chi connectivity index (χ1v) is 8.05. The number of hydrogen-bond acceptors (Lipinski definition) is 1. The number of nitrogens with zero attached hydrogens (tertiary/aromatic N) is 2. The minimum Gasteiger partial charge on any atom is -0.331 e. The second kappa shape index (κ2) is 6.11. The Morgan fingerprint density at radius 2 is 1.89 bits per heavy atom. The van der Waals surface area contributed by atoms with Crippen LogP contribution in [0.4, 0.5) is 0 Å². The van der Waals surface area contributed by atoms with Crippen molar-refractivity contribution in [3.8, 4) is 0 Å². The van der Waals surface area contributed by atoms with Crippen LogP contribution in [0.25, 0.3) is 0 Å². The molecule has 108 valence electrons. The number of rotatable bonds is 2. The third kappa shape index (κ3) is 3.40. The molecule has 0 N–H and O–H groups in total. The topological polar surface area (TPSA) is 15.6 Å². The van der Waals surface area contributed by atoms with E-state index in [2.05, 4.69) is 39.5 Å². The summed E-state index contributed by atoms with van der Waals surface area (Å²) in [5, 5.41) is 0. The molecule has 2 rings (SSSR count). The van der Waals surface area contributed by atoms with Gasteiger partial charge in [-0.25, -0.2) is 0 Å². The van der Waals surface area contributed by atoms with E-state index in [0.717, 1.165) is 12.3 Å². The predicted octanol–water partition coefficient (Wildman–Crippen LogP) is 4.76.